The van der Waals surface area contributed by atoms with Crippen LogP contribution >= 0.6 is 11.3 Å². The first kappa shape index (κ1) is 20.7. The van der Waals surface area contributed by atoms with E-state index in [0.717, 1.165) is 30.4 Å². The molecule has 0 saturated carbocycles. The minimum atomic E-state index is -0.916. The highest BCUT2D eigenvalue weighted by atomic mass is 32.1. The first-order chi connectivity index (χ1) is 12.7. The van der Waals surface area contributed by atoms with Crippen molar-refractivity contribution in [2.75, 3.05) is 33.4 Å². The Bertz CT molecular complexity index is 647. The van der Waals surface area contributed by atoms with Crippen molar-refractivity contribution in [3.05, 3.63) is 16.1 Å². The largest absolute Gasteiger partial charge is 0.383 e. The third-order valence-electron chi connectivity index (χ3n) is 5.74. The molecule has 27 heavy (non-hydrogen) atoms. The zero-order chi connectivity index (χ0) is 19.7. The molecule has 1 amide bonds. The van der Waals surface area contributed by atoms with Gasteiger partial charge in [-0.1, -0.05) is 20.8 Å². The lowest BCUT2D eigenvalue weighted by molar-refractivity contribution is -0.144. The Morgan fingerprint density at radius 1 is 1.37 bits per heavy atom. The second kappa shape index (κ2) is 8.15. The number of hydrogen-bond acceptors (Lipinski definition) is 6. The van der Waals surface area contributed by atoms with Crippen molar-refractivity contribution in [3.63, 3.8) is 0 Å². The number of likely N-dealkylation sites (tertiary alicyclic amines) is 2. The minimum absolute atomic E-state index is 0.154. The van der Waals surface area contributed by atoms with Crippen molar-refractivity contribution in [1.29, 1.82) is 0 Å². The second-order valence-corrected chi connectivity index (χ2v) is 9.86. The molecule has 1 N–H and O–H groups in total. The number of carbonyl (C=O) groups is 1. The van der Waals surface area contributed by atoms with E-state index in [1.165, 1.54) is 12.8 Å². The molecule has 2 fully saturated rings. The number of ether oxygens (including phenoxy) is 1. The van der Waals surface area contributed by atoms with E-state index in [-0.39, 0.29) is 11.3 Å². The molecule has 0 unspecified atom stereocenters. The molecule has 1 aromatic rings. The van der Waals surface area contributed by atoms with Gasteiger partial charge in [0.05, 0.1) is 18.8 Å². The van der Waals surface area contributed by atoms with Crippen LogP contribution in [0.2, 0.25) is 0 Å². The summed E-state index contributed by atoms with van der Waals surface area (Å²) in [6.45, 7) is 9.66. The fourth-order valence-electron chi connectivity index (χ4n) is 4.07. The van der Waals surface area contributed by atoms with Gasteiger partial charge in [0.2, 0.25) is 5.91 Å². The van der Waals surface area contributed by atoms with Gasteiger partial charge >= 0.3 is 0 Å². The Morgan fingerprint density at radius 3 is 2.70 bits per heavy atom. The zero-order valence-electron chi connectivity index (χ0n) is 17.0. The molecule has 0 spiro atoms. The standard InChI is InChI=1S/C20H33N3O3S/c1-19(2,3)18(24)22-10-7-20(25,8-11-22)16-14-27-17(21-16)12-23-9-5-6-15(23)13-26-4/h14-15,25H,5-13H2,1-4H3/t15-/m1/s1. The van der Waals surface area contributed by atoms with Crippen molar-refractivity contribution in [2.24, 2.45) is 5.41 Å². The predicted molar refractivity (Wildman–Crippen MR) is 107 cm³/mol. The van der Waals surface area contributed by atoms with Gasteiger partial charge in [0.1, 0.15) is 10.6 Å². The number of rotatable bonds is 5. The summed E-state index contributed by atoms with van der Waals surface area (Å²) >= 11 is 1.63. The molecule has 2 aliphatic rings. The lowest BCUT2D eigenvalue weighted by Crippen LogP contribution is -2.48. The van der Waals surface area contributed by atoms with Gasteiger partial charge < -0.3 is 14.7 Å². The lowest BCUT2D eigenvalue weighted by Gasteiger charge is -2.39. The quantitative estimate of drug-likeness (QED) is 0.830. The van der Waals surface area contributed by atoms with Crippen LogP contribution in [0.5, 0.6) is 0 Å². The van der Waals surface area contributed by atoms with Crippen molar-refractivity contribution < 1.29 is 14.6 Å². The van der Waals surface area contributed by atoms with Gasteiger partial charge in [0.15, 0.2) is 0 Å². The van der Waals surface area contributed by atoms with Gasteiger partial charge in [0.25, 0.3) is 0 Å². The number of aliphatic hydroxyl groups is 1. The van der Waals surface area contributed by atoms with Crippen LogP contribution in [0.15, 0.2) is 5.38 Å². The smallest absolute Gasteiger partial charge is 0.227 e. The van der Waals surface area contributed by atoms with Crippen molar-refractivity contribution >= 4 is 17.2 Å². The SMILES string of the molecule is COC[C@H]1CCCN1Cc1nc(C2(O)CCN(C(=O)C(C)(C)C)CC2)cs1. The van der Waals surface area contributed by atoms with E-state index < -0.39 is 5.60 Å². The summed E-state index contributed by atoms with van der Waals surface area (Å²) in [5.74, 6) is 0.154. The van der Waals surface area contributed by atoms with Crippen LogP contribution in [0.3, 0.4) is 0 Å². The molecule has 7 heteroatoms. The zero-order valence-corrected chi connectivity index (χ0v) is 17.8. The molecular formula is C20H33N3O3S. The molecular weight excluding hydrogens is 362 g/mol. The molecule has 3 heterocycles. The highest BCUT2D eigenvalue weighted by molar-refractivity contribution is 7.09. The number of carbonyl (C=O) groups excluding carboxylic acids is 1. The number of hydrogen-bond donors (Lipinski definition) is 1. The highest BCUT2D eigenvalue weighted by Crippen LogP contribution is 2.35. The predicted octanol–water partition coefficient (Wildman–Crippen LogP) is 2.61. The Kier molecular flexibility index (Phi) is 6.25. The molecule has 2 saturated heterocycles. The highest BCUT2D eigenvalue weighted by Gasteiger charge is 2.39. The number of thiazole rings is 1. The Hall–Kier alpha value is -1.02. The monoisotopic (exact) mass is 395 g/mol. The molecule has 0 radical (unpaired) electrons. The van der Waals surface area contributed by atoms with E-state index in [9.17, 15) is 9.90 Å². The van der Waals surface area contributed by atoms with Crippen LogP contribution in [-0.4, -0.2) is 65.2 Å². The Morgan fingerprint density at radius 2 is 2.07 bits per heavy atom. The fourth-order valence-corrected chi connectivity index (χ4v) is 4.98. The molecule has 0 aliphatic carbocycles. The maximum atomic E-state index is 12.5. The van der Waals surface area contributed by atoms with Gasteiger partial charge in [-0.05, 0) is 32.2 Å². The van der Waals surface area contributed by atoms with Gasteiger partial charge in [-0.3, -0.25) is 9.69 Å². The topological polar surface area (TPSA) is 65.9 Å². The van der Waals surface area contributed by atoms with Crippen molar-refractivity contribution in [1.82, 2.24) is 14.8 Å². The molecule has 6 nitrogen and oxygen atoms in total. The number of piperidine rings is 1. The summed E-state index contributed by atoms with van der Waals surface area (Å²) in [6.07, 6.45) is 3.48. The normalized spacial score (nSPS) is 23.7. The molecule has 0 aromatic carbocycles. The van der Waals surface area contributed by atoms with Crippen LogP contribution in [-0.2, 0) is 21.7 Å². The van der Waals surface area contributed by atoms with Crippen LogP contribution in [0.4, 0.5) is 0 Å². The average molecular weight is 396 g/mol. The number of nitrogens with zero attached hydrogens (tertiary/aromatic N) is 3. The van der Waals surface area contributed by atoms with Crippen molar-refractivity contribution in [3.8, 4) is 0 Å². The second-order valence-electron chi connectivity index (χ2n) is 8.92. The molecule has 3 rings (SSSR count). The molecule has 152 valence electrons. The number of aromatic nitrogens is 1. The van der Waals surface area contributed by atoms with Crippen LogP contribution < -0.4 is 0 Å². The average Bonchev–Trinajstić information content (AvgIpc) is 3.25. The summed E-state index contributed by atoms with van der Waals surface area (Å²) in [6, 6.07) is 0.470. The van der Waals surface area contributed by atoms with Crippen LogP contribution in [0.25, 0.3) is 0 Å². The van der Waals surface area contributed by atoms with Crippen LogP contribution in [0, 0.1) is 5.41 Å². The molecule has 0 bridgehead atoms. The Labute approximate surface area is 166 Å². The Balaban J connectivity index is 1.60. The van der Waals surface area contributed by atoms with Crippen LogP contribution in [0.1, 0.15) is 57.2 Å². The molecule has 2 aliphatic heterocycles. The lowest BCUT2D eigenvalue weighted by atomic mass is 9.86. The third-order valence-corrected chi connectivity index (χ3v) is 6.58. The summed E-state index contributed by atoms with van der Waals surface area (Å²) in [4.78, 5) is 21.5. The van der Waals surface area contributed by atoms with E-state index in [0.29, 0.717) is 32.0 Å². The van der Waals surface area contributed by atoms with E-state index in [2.05, 4.69) is 4.90 Å². The number of amides is 1. The van der Waals surface area contributed by atoms with Gasteiger partial charge in [-0.15, -0.1) is 11.3 Å². The van der Waals surface area contributed by atoms with E-state index >= 15 is 0 Å². The summed E-state index contributed by atoms with van der Waals surface area (Å²) in [5.41, 5.74) is -0.522. The first-order valence-corrected chi connectivity index (χ1v) is 10.8. The van der Waals surface area contributed by atoms with E-state index in [4.69, 9.17) is 9.72 Å². The van der Waals surface area contributed by atoms with Gasteiger partial charge in [-0.25, -0.2) is 4.98 Å². The van der Waals surface area contributed by atoms with Crippen molar-refractivity contribution in [2.45, 2.75) is 64.6 Å². The first-order valence-electron chi connectivity index (χ1n) is 9.92. The summed E-state index contributed by atoms with van der Waals surface area (Å²) in [5, 5.41) is 14.2. The third kappa shape index (κ3) is 4.70. The van der Waals surface area contributed by atoms with E-state index in [1.807, 2.05) is 31.1 Å². The van der Waals surface area contributed by atoms with E-state index in [1.54, 1.807) is 18.4 Å². The maximum Gasteiger partial charge on any atom is 0.227 e. The minimum Gasteiger partial charge on any atom is -0.383 e. The maximum absolute atomic E-state index is 12.5. The summed E-state index contributed by atoms with van der Waals surface area (Å²) < 4.78 is 5.33. The fraction of sp³-hybridized carbons (Fsp3) is 0.800. The molecule has 1 atom stereocenters. The molecule has 1 aromatic heterocycles. The van der Waals surface area contributed by atoms with Gasteiger partial charge in [0, 0.05) is 37.0 Å². The van der Waals surface area contributed by atoms with Gasteiger partial charge in [-0.2, -0.15) is 0 Å². The summed E-state index contributed by atoms with van der Waals surface area (Å²) in [7, 11) is 1.75. The number of methoxy groups -OCH3 is 1.